The van der Waals surface area contributed by atoms with Gasteiger partial charge in [-0.05, 0) is 13.3 Å². The molecule has 1 fully saturated rings. The van der Waals surface area contributed by atoms with Crippen molar-refractivity contribution in [3.05, 3.63) is 37.7 Å². The number of aromatic amines is 1. The van der Waals surface area contributed by atoms with Crippen LogP contribution in [0.4, 0.5) is 5.95 Å². The highest BCUT2D eigenvalue weighted by atomic mass is 32.1. The Labute approximate surface area is 168 Å². The molecule has 0 aliphatic carbocycles. The number of carbonyl (C=O) groups is 1. The monoisotopic (exact) mass is 405 g/mol. The number of ether oxygens (including phenoxy) is 1. The molecule has 3 heterocycles. The second-order valence-electron chi connectivity index (χ2n) is 7.16. The van der Waals surface area contributed by atoms with E-state index in [-0.39, 0.29) is 17.9 Å². The second kappa shape index (κ2) is 9.29. The Morgan fingerprint density at radius 3 is 2.75 bits per heavy atom. The number of amides is 1. The second-order valence-corrected chi connectivity index (χ2v) is 8.05. The van der Waals surface area contributed by atoms with Crippen LogP contribution >= 0.6 is 11.3 Å². The molecule has 1 saturated heterocycles. The van der Waals surface area contributed by atoms with Crippen molar-refractivity contribution in [2.24, 2.45) is 0 Å². The fourth-order valence-corrected chi connectivity index (χ4v) is 3.83. The topological polar surface area (TPSA) is 100 Å². The van der Waals surface area contributed by atoms with E-state index in [1.165, 1.54) is 0 Å². The molecule has 152 valence electrons. The Kier molecular flexibility index (Phi) is 6.79. The van der Waals surface area contributed by atoms with Gasteiger partial charge < -0.3 is 15.0 Å². The van der Waals surface area contributed by atoms with Gasteiger partial charge in [0, 0.05) is 42.1 Å². The van der Waals surface area contributed by atoms with Crippen LogP contribution in [0.1, 0.15) is 48.1 Å². The minimum absolute atomic E-state index is 0.102. The van der Waals surface area contributed by atoms with Gasteiger partial charge in [0.2, 0.25) is 11.9 Å². The number of anilines is 1. The fourth-order valence-electron chi connectivity index (χ4n) is 3.00. The lowest BCUT2D eigenvalue weighted by molar-refractivity contribution is -0.121. The summed E-state index contributed by atoms with van der Waals surface area (Å²) in [7, 11) is 0. The molecule has 2 N–H and O–H groups in total. The van der Waals surface area contributed by atoms with Gasteiger partial charge in [0.15, 0.2) is 0 Å². The third-order valence-corrected chi connectivity index (χ3v) is 5.85. The van der Waals surface area contributed by atoms with Crippen molar-refractivity contribution in [3.8, 4) is 0 Å². The van der Waals surface area contributed by atoms with Crippen molar-refractivity contribution in [1.82, 2.24) is 20.3 Å². The zero-order chi connectivity index (χ0) is 20.1. The standard InChI is InChI=1S/C19H27N5O3S/c1-12(2)18-22-14(11-28-18)10-20-16(25)5-4-15-13(3)21-19(23-17(15)26)24-6-8-27-9-7-24/h11-12H,4-10H2,1-3H3,(H,20,25)(H,21,23,26). The first-order chi connectivity index (χ1) is 13.4. The summed E-state index contributed by atoms with van der Waals surface area (Å²) in [4.78, 5) is 38.5. The van der Waals surface area contributed by atoms with E-state index in [0.29, 0.717) is 62.4 Å². The molecule has 0 unspecified atom stereocenters. The molecule has 1 amide bonds. The molecule has 1 aliphatic heterocycles. The largest absolute Gasteiger partial charge is 0.378 e. The zero-order valence-corrected chi connectivity index (χ0v) is 17.4. The summed E-state index contributed by atoms with van der Waals surface area (Å²) in [6, 6.07) is 0. The molecule has 0 bridgehead atoms. The van der Waals surface area contributed by atoms with E-state index < -0.39 is 0 Å². The van der Waals surface area contributed by atoms with Gasteiger partial charge in [-0.25, -0.2) is 9.97 Å². The zero-order valence-electron chi connectivity index (χ0n) is 16.6. The van der Waals surface area contributed by atoms with Gasteiger partial charge in [-0.2, -0.15) is 0 Å². The normalized spacial score (nSPS) is 14.5. The number of hydrogen-bond acceptors (Lipinski definition) is 7. The van der Waals surface area contributed by atoms with Gasteiger partial charge >= 0.3 is 0 Å². The molecule has 2 aromatic rings. The first-order valence-electron chi connectivity index (χ1n) is 9.57. The van der Waals surface area contributed by atoms with E-state index in [1.807, 2.05) is 17.2 Å². The third-order valence-electron chi connectivity index (χ3n) is 4.65. The van der Waals surface area contributed by atoms with Gasteiger partial charge in [0.25, 0.3) is 5.56 Å². The number of thiazole rings is 1. The van der Waals surface area contributed by atoms with E-state index in [0.717, 1.165) is 10.7 Å². The molecule has 0 atom stereocenters. The van der Waals surface area contributed by atoms with Crippen molar-refractivity contribution in [3.63, 3.8) is 0 Å². The molecule has 28 heavy (non-hydrogen) atoms. The number of rotatable bonds is 7. The highest BCUT2D eigenvalue weighted by Gasteiger charge is 2.17. The summed E-state index contributed by atoms with van der Waals surface area (Å²) in [6.45, 7) is 9.09. The number of aryl methyl sites for hydroxylation is 1. The molecule has 9 heteroatoms. The third kappa shape index (κ3) is 5.17. The van der Waals surface area contributed by atoms with Gasteiger partial charge in [0.1, 0.15) is 0 Å². The Bertz CT molecular complexity index is 871. The first-order valence-corrected chi connectivity index (χ1v) is 10.5. The smallest absolute Gasteiger partial charge is 0.255 e. The Morgan fingerprint density at radius 2 is 2.11 bits per heavy atom. The summed E-state index contributed by atoms with van der Waals surface area (Å²) in [5.41, 5.74) is 1.91. The maximum Gasteiger partial charge on any atom is 0.255 e. The molecule has 0 spiro atoms. The number of nitrogens with zero attached hydrogens (tertiary/aromatic N) is 3. The summed E-state index contributed by atoms with van der Waals surface area (Å²) in [6.07, 6.45) is 0.599. The van der Waals surface area contributed by atoms with Crippen molar-refractivity contribution in [2.45, 2.75) is 46.1 Å². The molecular formula is C19H27N5O3S. The molecule has 0 radical (unpaired) electrons. The van der Waals surface area contributed by atoms with Gasteiger partial charge in [-0.3, -0.25) is 14.6 Å². The fraction of sp³-hybridized carbons (Fsp3) is 0.579. The SMILES string of the molecule is Cc1nc(N2CCOCC2)[nH]c(=O)c1CCC(=O)NCc1csc(C(C)C)n1. The van der Waals surface area contributed by atoms with Crippen LogP contribution in [0.25, 0.3) is 0 Å². The van der Waals surface area contributed by atoms with Crippen LogP contribution in [-0.2, 0) is 22.5 Å². The van der Waals surface area contributed by atoms with E-state index in [1.54, 1.807) is 11.3 Å². The lowest BCUT2D eigenvalue weighted by Gasteiger charge is -2.27. The molecule has 2 aromatic heterocycles. The van der Waals surface area contributed by atoms with Crippen LogP contribution in [0.5, 0.6) is 0 Å². The summed E-state index contributed by atoms with van der Waals surface area (Å²) >= 11 is 1.61. The highest BCUT2D eigenvalue weighted by Crippen LogP contribution is 2.19. The van der Waals surface area contributed by atoms with Crippen molar-refractivity contribution >= 4 is 23.2 Å². The molecule has 1 aliphatic rings. The van der Waals surface area contributed by atoms with Crippen molar-refractivity contribution < 1.29 is 9.53 Å². The number of hydrogen-bond donors (Lipinski definition) is 2. The van der Waals surface area contributed by atoms with E-state index >= 15 is 0 Å². The summed E-state index contributed by atoms with van der Waals surface area (Å²) in [5.74, 6) is 0.857. The van der Waals surface area contributed by atoms with Crippen LogP contribution in [0.2, 0.25) is 0 Å². The Morgan fingerprint density at radius 1 is 1.36 bits per heavy atom. The van der Waals surface area contributed by atoms with E-state index in [2.05, 4.69) is 34.1 Å². The molecular weight excluding hydrogens is 378 g/mol. The van der Waals surface area contributed by atoms with Crippen LogP contribution < -0.4 is 15.8 Å². The van der Waals surface area contributed by atoms with Crippen LogP contribution in [0.3, 0.4) is 0 Å². The van der Waals surface area contributed by atoms with Crippen LogP contribution in [0, 0.1) is 6.92 Å². The van der Waals surface area contributed by atoms with Crippen LogP contribution in [0.15, 0.2) is 10.2 Å². The van der Waals surface area contributed by atoms with Gasteiger partial charge in [0.05, 0.1) is 30.5 Å². The lowest BCUT2D eigenvalue weighted by atomic mass is 10.1. The van der Waals surface area contributed by atoms with Gasteiger partial charge in [-0.15, -0.1) is 11.3 Å². The number of nitrogens with one attached hydrogen (secondary N) is 2. The van der Waals surface area contributed by atoms with Gasteiger partial charge in [-0.1, -0.05) is 13.8 Å². The molecule has 3 rings (SSSR count). The highest BCUT2D eigenvalue weighted by molar-refractivity contribution is 7.09. The average molecular weight is 406 g/mol. The van der Waals surface area contributed by atoms with Crippen molar-refractivity contribution in [2.75, 3.05) is 31.2 Å². The number of morpholine rings is 1. The lowest BCUT2D eigenvalue weighted by Crippen LogP contribution is -2.38. The Balaban J connectivity index is 1.54. The maximum atomic E-state index is 12.5. The Hall–Kier alpha value is -2.26. The van der Waals surface area contributed by atoms with Crippen molar-refractivity contribution in [1.29, 1.82) is 0 Å². The van der Waals surface area contributed by atoms with Crippen LogP contribution in [-0.4, -0.2) is 47.2 Å². The molecule has 0 saturated carbocycles. The first kappa shape index (κ1) is 20.5. The minimum Gasteiger partial charge on any atom is -0.378 e. The maximum absolute atomic E-state index is 12.5. The molecule has 8 nitrogen and oxygen atoms in total. The number of H-pyrrole nitrogens is 1. The van der Waals surface area contributed by atoms with E-state index in [4.69, 9.17) is 4.74 Å². The average Bonchev–Trinajstić information content (AvgIpc) is 3.16. The number of aromatic nitrogens is 3. The number of carbonyl (C=O) groups excluding carboxylic acids is 1. The molecule has 0 aromatic carbocycles. The van der Waals surface area contributed by atoms with E-state index in [9.17, 15) is 9.59 Å². The summed E-state index contributed by atoms with van der Waals surface area (Å²) in [5, 5.41) is 5.91. The summed E-state index contributed by atoms with van der Waals surface area (Å²) < 4.78 is 5.33. The predicted octanol–water partition coefficient (Wildman–Crippen LogP) is 1.74. The quantitative estimate of drug-likeness (QED) is 0.728. The predicted molar refractivity (Wildman–Crippen MR) is 109 cm³/mol. The minimum atomic E-state index is -0.178.